The Labute approximate surface area is 237 Å². The summed E-state index contributed by atoms with van der Waals surface area (Å²) < 4.78 is 10.9. The Morgan fingerprint density at radius 3 is 2.52 bits per heavy atom. The van der Waals surface area contributed by atoms with E-state index in [9.17, 15) is 25.2 Å². The molecule has 1 aromatic rings. The van der Waals surface area contributed by atoms with Gasteiger partial charge in [0.25, 0.3) is 0 Å². The van der Waals surface area contributed by atoms with Gasteiger partial charge < -0.3 is 35.2 Å². The monoisotopic (exact) mass is 555 g/mol. The van der Waals surface area contributed by atoms with Crippen molar-refractivity contribution in [2.24, 2.45) is 11.3 Å². The molecule has 1 heterocycles. The highest BCUT2D eigenvalue weighted by atomic mass is 16.7. The molecule has 1 aliphatic carbocycles. The van der Waals surface area contributed by atoms with Crippen molar-refractivity contribution in [2.45, 2.75) is 91.0 Å². The molecule has 1 aliphatic heterocycles. The molecule has 8 heteroatoms. The van der Waals surface area contributed by atoms with Crippen LogP contribution in [0.15, 0.2) is 71.4 Å². The Morgan fingerprint density at radius 2 is 1.88 bits per heavy atom. The fourth-order valence-electron chi connectivity index (χ4n) is 5.17. The number of nitrogens with one attached hydrogen (secondary N) is 1. The molecule has 0 aromatic heterocycles. The number of ether oxygens (including phenoxy) is 2. The third-order valence-electron chi connectivity index (χ3n) is 7.60. The van der Waals surface area contributed by atoms with E-state index in [4.69, 9.17) is 9.47 Å². The van der Waals surface area contributed by atoms with Crippen molar-refractivity contribution in [1.29, 1.82) is 0 Å². The molecule has 2 aliphatic rings. The summed E-state index contributed by atoms with van der Waals surface area (Å²) in [6.07, 6.45) is 7.68. The van der Waals surface area contributed by atoms with Crippen LogP contribution >= 0.6 is 0 Å². The van der Waals surface area contributed by atoms with Crippen LogP contribution in [0.3, 0.4) is 0 Å². The van der Waals surface area contributed by atoms with Crippen molar-refractivity contribution in [3.8, 4) is 5.75 Å². The van der Waals surface area contributed by atoms with Gasteiger partial charge in [-0.05, 0) is 74.3 Å². The molecule has 0 radical (unpaired) electrons. The molecule has 1 fully saturated rings. The summed E-state index contributed by atoms with van der Waals surface area (Å²) in [5.74, 6) is 0.250. The van der Waals surface area contributed by atoms with E-state index in [0.29, 0.717) is 17.9 Å². The molecule has 1 saturated heterocycles. The first-order valence-corrected chi connectivity index (χ1v) is 14.0. The number of carbonyl (C=O) groups excluding carboxylic acids is 1. The topological polar surface area (TPSA) is 128 Å². The van der Waals surface area contributed by atoms with Crippen LogP contribution in [-0.4, -0.2) is 63.6 Å². The number of aliphatic hydroxyl groups is 4. The molecule has 0 bridgehead atoms. The lowest BCUT2D eigenvalue weighted by Crippen LogP contribution is -2.60. The minimum absolute atomic E-state index is 0.0454. The first kappa shape index (κ1) is 31.8. The summed E-state index contributed by atoms with van der Waals surface area (Å²) in [6.45, 7) is 10.4. The first-order valence-electron chi connectivity index (χ1n) is 14.0. The molecule has 1 aromatic carbocycles. The lowest BCUT2D eigenvalue weighted by molar-refractivity contribution is -0.277. The van der Waals surface area contributed by atoms with Gasteiger partial charge in [0.15, 0.2) is 0 Å². The summed E-state index contributed by atoms with van der Waals surface area (Å²) in [5, 5.41) is 42.1. The SMILES string of the molecule is CC(C=CC1=C(C)CCCC1(C)C)=CC=CC(C)CC(=O)Nc1ccc(OC2OC(CO)C(O)C(O)C2O)cc1. The van der Waals surface area contributed by atoms with Crippen LogP contribution < -0.4 is 10.1 Å². The molecule has 220 valence electrons. The molecule has 3 rings (SSSR count). The quantitative estimate of drug-likeness (QED) is 0.271. The third-order valence-corrected chi connectivity index (χ3v) is 7.60. The largest absolute Gasteiger partial charge is 0.462 e. The number of carbonyl (C=O) groups is 1. The van der Waals surface area contributed by atoms with Gasteiger partial charge in [0, 0.05) is 12.1 Å². The van der Waals surface area contributed by atoms with Gasteiger partial charge in [0.2, 0.25) is 12.2 Å². The Morgan fingerprint density at radius 1 is 1.18 bits per heavy atom. The minimum atomic E-state index is -1.52. The van der Waals surface area contributed by atoms with Gasteiger partial charge in [0.1, 0.15) is 30.2 Å². The second-order valence-electron chi connectivity index (χ2n) is 11.6. The molecule has 6 atom stereocenters. The Balaban J connectivity index is 1.47. The highest BCUT2D eigenvalue weighted by Gasteiger charge is 2.44. The van der Waals surface area contributed by atoms with E-state index in [-0.39, 0.29) is 17.2 Å². The number of hydrogen-bond donors (Lipinski definition) is 5. The first-order chi connectivity index (χ1) is 18.9. The second-order valence-corrected chi connectivity index (χ2v) is 11.6. The van der Waals surface area contributed by atoms with Crippen molar-refractivity contribution >= 4 is 11.6 Å². The average Bonchev–Trinajstić information content (AvgIpc) is 2.89. The maximum absolute atomic E-state index is 12.5. The summed E-state index contributed by atoms with van der Waals surface area (Å²) in [7, 11) is 0. The van der Waals surface area contributed by atoms with Crippen LogP contribution in [-0.2, 0) is 9.53 Å². The average molecular weight is 556 g/mol. The van der Waals surface area contributed by atoms with Gasteiger partial charge in [0.05, 0.1) is 6.61 Å². The van der Waals surface area contributed by atoms with Crippen molar-refractivity contribution in [3.63, 3.8) is 0 Å². The van der Waals surface area contributed by atoms with Crippen LogP contribution in [0.1, 0.15) is 60.3 Å². The van der Waals surface area contributed by atoms with E-state index in [1.165, 1.54) is 30.4 Å². The molecular weight excluding hydrogens is 510 g/mol. The second kappa shape index (κ2) is 14.2. The zero-order valence-corrected chi connectivity index (χ0v) is 24.2. The van der Waals surface area contributed by atoms with Crippen LogP contribution in [0, 0.1) is 11.3 Å². The Kier molecular flexibility index (Phi) is 11.3. The fraction of sp³-hybridized carbons (Fsp3) is 0.531. The predicted octanol–water partition coefficient (Wildman–Crippen LogP) is 4.42. The number of anilines is 1. The lowest BCUT2D eigenvalue weighted by atomic mass is 9.72. The third kappa shape index (κ3) is 8.62. The van der Waals surface area contributed by atoms with Crippen molar-refractivity contribution in [1.82, 2.24) is 0 Å². The van der Waals surface area contributed by atoms with Crippen LogP contribution in [0.2, 0.25) is 0 Å². The van der Waals surface area contributed by atoms with Crippen molar-refractivity contribution < 1.29 is 34.7 Å². The van der Waals surface area contributed by atoms with E-state index in [1.807, 2.05) is 19.1 Å². The Bertz CT molecular complexity index is 1120. The van der Waals surface area contributed by atoms with E-state index < -0.39 is 37.3 Å². The summed E-state index contributed by atoms with van der Waals surface area (Å²) in [4.78, 5) is 12.5. The highest BCUT2D eigenvalue weighted by Crippen LogP contribution is 2.40. The Hall–Kier alpha value is -2.75. The van der Waals surface area contributed by atoms with E-state index in [1.54, 1.807) is 24.3 Å². The van der Waals surface area contributed by atoms with Crippen molar-refractivity contribution in [3.05, 3.63) is 71.4 Å². The van der Waals surface area contributed by atoms with E-state index >= 15 is 0 Å². The number of aliphatic hydroxyl groups excluding tert-OH is 4. The van der Waals surface area contributed by atoms with Gasteiger partial charge >= 0.3 is 0 Å². The van der Waals surface area contributed by atoms with E-state index in [2.05, 4.69) is 51.2 Å². The molecular formula is C32H45NO7. The number of hydrogen-bond acceptors (Lipinski definition) is 7. The summed E-state index contributed by atoms with van der Waals surface area (Å²) in [5.41, 5.74) is 4.87. The van der Waals surface area contributed by atoms with Gasteiger partial charge in [-0.1, -0.05) is 62.3 Å². The highest BCUT2D eigenvalue weighted by molar-refractivity contribution is 5.91. The van der Waals surface area contributed by atoms with Gasteiger partial charge in [-0.3, -0.25) is 4.79 Å². The molecule has 0 spiro atoms. The van der Waals surface area contributed by atoms with Gasteiger partial charge in [-0.15, -0.1) is 0 Å². The maximum atomic E-state index is 12.5. The lowest BCUT2D eigenvalue weighted by Gasteiger charge is -2.39. The summed E-state index contributed by atoms with van der Waals surface area (Å²) >= 11 is 0. The van der Waals surface area contributed by atoms with Crippen LogP contribution in [0.25, 0.3) is 0 Å². The molecule has 6 unspecified atom stereocenters. The van der Waals surface area contributed by atoms with Crippen LogP contribution in [0.5, 0.6) is 5.75 Å². The van der Waals surface area contributed by atoms with Gasteiger partial charge in [-0.25, -0.2) is 0 Å². The number of amides is 1. The van der Waals surface area contributed by atoms with E-state index in [0.717, 1.165) is 5.57 Å². The number of benzene rings is 1. The zero-order valence-electron chi connectivity index (χ0n) is 24.2. The molecule has 0 saturated carbocycles. The predicted molar refractivity (Wildman–Crippen MR) is 156 cm³/mol. The normalized spacial score (nSPS) is 28.2. The maximum Gasteiger partial charge on any atom is 0.229 e. The molecule has 8 nitrogen and oxygen atoms in total. The zero-order chi connectivity index (χ0) is 29.4. The van der Waals surface area contributed by atoms with Crippen molar-refractivity contribution in [2.75, 3.05) is 11.9 Å². The minimum Gasteiger partial charge on any atom is -0.462 e. The number of allylic oxidation sites excluding steroid dienone is 8. The summed E-state index contributed by atoms with van der Waals surface area (Å²) in [6, 6.07) is 6.49. The van der Waals surface area contributed by atoms with Crippen LogP contribution in [0.4, 0.5) is 5.69 Å². The number of rotatable bonds is 10. The molecule has 40 heavy (non-hydrogen) atoms. The molecule has 1 amide bonds. The van der Waals surface area contributed by atoms with Gasteiger partial charge in [-0.2, -0.15) is 0 Å². The standard InChI is InChI=1S/C32H45NO7/c1-20(11-16-25-22(3)10-7-17-32(25,4)5)8-6-9-21(2)18-27(35)33-23-12-14-24(15-13-23)39-31-30(38)29(37)28(36)26(19-34)40-31/h6,8-9,11-16,21,26,28-31,34,36-38H,7,10,17-19H2,1-5H3,(H,33,35). The fourth-order valence-corrected chi connectivity index (χ4v) is 5.17. The molecule has 5 N–H and O–H groups in total. The smallest absolute Gasteiger partial charge is 0.229 e.